The predicted octanol–water partition coefficient (Wildman–Crippen LogP) is 3.99. The Labute approximate surface area is 183 Å². The summed E-state index contributed by atoms with van der Waals surface area (Å²) in [7, 11) is 0. The van der Waals surface area contributed by atoms with Crippen molar-refractivity contribution in [3.05, 3.63) is 82.7 Å². The van der Waals surface area contributed by atoms with Gasteiger partial charge in [0.2, 0.25) is 5.91 Å². The van der Waals surface area contributed by atoms with Gasteiger partial charge in [-0.25, -0.2) is 0 Å². The molecule has 160 valence electrons. The molecule has 1 amide bonds. The molecule has 3 aromatic rings. The van der Waals surface area contributed by atoms with Gasteiger partial charge in [-0.3, -0.25) is 19.5 Å². The smallest absolute Gasteiger partial charge is 0.292 e. The molecule has 9 nitrogen and oxygen atoms in total. The highest BCUT2D eigenvalue weighted by atomic mass is 32.2. The third-order valence-corrected chi connectivity index (χ3v) is 5.23. The maximum Gasteiger partial charge on any atom is 0.292 e. The largest absolute Gasteiger partial charge is 0.485 e. The molecule has 2 aromatic carbocycles. The highest BCUT2D eigenvalue weighted by Crippen LogP contribution is 2.24. The van der Waals surface area contributed by atoms with E-state index >= 15 is 0 Å². The summed E-state index contributed by atoms with van der Waals surface area (Å²) in [5, 5.41) is 22.5. The van der Waals surface area contributed by atoms with Crippen molar-refractivity contribution in [3.8, 4) is 5.75 Å². The SMILES string of the molecule is C=CCn1c(COc2ccccc2C)nnc1SCC(=O)Nc1ccccc1[N+](=O)[O-]. The van der Waals surface area contributed by atoms with Crippen molar-refractivity contribution >= 4 is 29.0 Å². The van der Waals surface area contributed by atoms with Crippen LogP contribution in [0.15, 0.2) is 66.3 Å². The molecule has 0 atom stereocenters. The maximum atomic E-state index is 12.3. The molecule has 0 aliphatic rings. The molecule has 0 unspecified atom stereocenters. The number of aromatic nitrogens is 3. The Morgan fingerprint density at radius 3 is 2.74 bits per heavy atom. The first-order valence-corrected chi connectivity index (χ1v) is 10.4. The zero-order chi connectivity index (χ0) is 22.2. The van der Waals surface area contributed by atoms with E-state index in [4.69, 9.17) is 4.74 Å². The van der Waals surface area contributed by atoms with Crippen LogP contribution in [0, 0.1) is 17.0 Å². The van der Waals surface area contributed by atoms with Gasteiger partial charge in [-0.05, 0) is 24.6 Å². The molecule has 3 rings (SSSR count). The van der Waals surface area contributed by atoms with E-state index in [1.165, 1.54) is 23.9 Å². The number of ether oxygens (including phenoxy) is 1. The van der Waals surface area contributed by atoms with Crippen LogP contribution in [0.2, 0.25) is 0 Å². The summed E-state index contributed by atoms with van der Waals surface area (Å²) < 4.78 is 7.67. The lowest BCUT2D eigenvalue weighted by atomic mass is 10.2. The summed E-state index contributed by atoms with van der Waals surface area (Å²) >= 11 is 1.18. The average Bonchev–Trinajstić information content (AvgIpc) is 3.14. The summed E-state index contributed by atoms with van der Waals surface area (Å²) in [6, 6.07) is 13.7. The normalized spacial score (nSPS) is 10.5. The third-order valence-electron chi connectivity index (χ3n) is 4.26. The number of amides is 1. The van der Waals surface area contributed by atoms with Gasteiger partial charge in [0.05, 0.1) is 10.7 Å². The van der Waals surface area contributed by atoms with Crippen LogP contribution in [0.5, 0.6) is 5.75 Å². The molecular formula is C21H21N5O4S. The number of anilines is 1. The Kier molecular flexibility index (Phi) is 7.39. The van der Waals surface area contributed by atoms with E-state index in [0.717, 1.165) is 11.3 Å². The standard InChI is InChI=1S/C21H21N5O4S/c1-3-12-25-19(13-30-18-11-7-4-8-15(18)2)23-24-21(25)31-14-20(27)22-16-9-5-6-10-17(16)26(28)29/h3-11H,1,12-14H2,2H3,(H,22,27). The summed E-state index contributed by atoms with van der Waals surface area (Å²) in [6.07, 6.45) is 1.71. The van der Waals surface area contributed by atoms with Gasteiger partial charge in [0.1, 0.15) is 18.0 Å². The number of carbonyl (C=O) groups is 1. The van der Waals surface area contributed by atoms with Crippen molar-refractivity contribution in [1.29, 1.82) is 0 Å². The van der Waals surface area contributed by atoms with E-state index in [9.17, 15) is 14.9 Å². The maximum absolute atomic E-state index is 12.3. The Bertz CT molecular complexity index is 1100. The summed E-state index contributed by atoms with van der Waals surface area (Å²) in [6.45, 7) is 6.39. The summed E-state index contributed by atoms with van der Waals surface area (Å²) in [5.74, 6) is 0.989. The second-order valence-corrected chi connectivity index (χ2v) is 7.41. The molecule has 0 saturated carbocycles. The quantitative estimate of drug-likeness (QED) is 0.220. The van der Waals surface area contributed by atoms with Gasteiger partial charge in [0.15, 0.2) is 11.0 Å². The number of hydrogen-bond donors (Lipinski definition) is 1. The summed E-state index contributed by atoms with van der Waals surface area (Å²) in [5.41, 5.74) is 1.00. The molecule has 31 heavy (non-hydrogen) atoms. The van der Waals surface area contributed by atoms with E-state index in [1.807, 2.05) is 35.8 Å². The molecule has 0 spiro atoms. The average molecular weight is 439 g/mol. The summed E-state index contributed by atoms with van der Waals surface area (Å²) in [4.78, 5) is 22.9. The van der Waals surface area contributed by atoms with Crippen LogP contribution >= 0.6 is 11.8 Å². The molecule has 0 aliphatic carbocycles. The van der Waals surface area contributed by atoms with Crippen molar-refractivity contribution in [2.75, 3.05) is 11.1 Å². The van der Waals surface area contributed by atoms with Gasteiger partial charge in [-0.15, -0.1) is 16.8 Å². The molecule has 1 aromatic heterocycles. The fourth-order valence-corrected chi connectivity index (χ4v) is 3.53. The van der Waals surface area contributed by atoms with E-state index in [0.29, 0.717) is 17.5 Å². The molecule has 0 radical (unpaired) electrons. The molecule has 1 N–H and O–H groups in total. The highest BCUT2D eigenvalue weighted by Gasteiger charge is 2.17. The minimum atomic E-state index is -0.538. The predicted molar refractivity (Wildman–Crippen MR) is 118 cm³/mol. The molecule has 0 bridgehead atoms. The van der Waals surface area contributed by atoms with Crippen LogP contribution in [-0.2, 0) is 17.9 Å². The fraction of sp³-hybridized carbons (Fsp3) is 0.190. The second kappa shape index (κ2) is 10.4. The monoisotopic (exact) mass is 439 g/mol. The first-order valence-electron chi connectivity index (χ1n) is 9.37. The van der Waals surface area contributed by atoms with E-state index in [1.54, 1.807) is 18.2 Å². The Balaban J connectivity index is 1.65. The Hall–Kier alpha value is -3.66. The third kappa shape index (κ3) is 5.70. The van der Waals surface area contributed by atoms with Crippen LogP contribution < -0.4 is 10.1 Å². The number of carbonyl (C=O) groups excluding carboxylic acids is 1. The van der Waals surface area contributed by atoms with Crippen LogP contribution in [0.3, 0.4) is 0 Å². The number of aryl methyl sites for hydroxylation is 1. The fourth-order valence-electron chi connectivity index (χ4n) is 2.76. The highest BCUT2D eigenvalue weighted by molar-refractivity contribution is 7.99. The van der Waals surface area contributed by atoms with Gasteiger partial charge in [0.25, 0.3) is 5.69 Å². The minimum Gasteiger partial charge on any atom is -0.485 e. The minimum absolute atomic E-state index is 0.0139. The first kappa shape index (κ1) is 22.0. The van der Waals surface area contributed by atoms with Gasteiger partial charge in [0, 0.05) is 12.6 Å². The van der Waals surface area contributed by atoms with Gasteiger partial charge in [-0.1, -0.05) is 48.2 Å². The number of hydrogen-bond acceptors (Lipinski definition) is 7. The zero-order valence-corrected chi connectivity index (χ0v) is 17.7. The molecule has 0 saturated heterocycles. The lowest BCUT2D eigenvalue weighted by Gasteiger charge is -2.10. The molecule has 0 fully saturated rings. The van der Waals surface area contributed by atoms with E-state index < -0.39 is 4.92 Å². The van der Waals surface area contributed by atoms with Crippen molar-refractivity contribution in [2.45, 2.75) is 25.2 Å². The van der Waals surface area contributed by atoms with E-state index in [2.05, 4.69) is 22.1 Å². The van der Waals surface area contributed by atoms with Crippen molar-refractivity contribution in [1.82, 2.24) is 14.8 Å². The number of benzene rings is 2. The Morgan fingerprint density at radius 2 is 2.00 bits per heavy atom. The number of thioether (sulfide) groups is 1. The lowest BCUT2D eigenvalue weighted by Crippen LogP contribution is -2.16. The Morgan fingerprint density at radius 1 is 1.26 bits per heavy atom. The number of allylic oxidation sites excluding steroid dienone is 1. The van der Waals surface area contributed by atoms with Crippen LogP contribution in [0.1, 0.15) is 11.4 Å². The number of nitro benzene ring substituents is 1. The van der Waals surface area contributed by atoms with Crippen molar-refractivity contribution in [2.24, 2.45) is 0 Å². The van der Waals surface area contributed by atoms with Crippen LogP contribution in [0.4, 0.5) is 11.4 Å². The van der Waals surface area contributed by atoms with E-state index in [-0.39, 0.29) is 29.6 Å². The number of nitrogens with one attached hydrogen (secondary N) is 1. The van der Waals surface area contributed by atoms with Crippen LogP contribution in [0.25, 0.3) is 0 Å². The second-order valence-electron chi connectivity index (χ2n) is 6.46. The number of nitrogens with zero attached hydrogens (tertiary/aromatic N) is 4. The van der Waals surface area contributed by atoms with Gasteiger partial charge < -0.3 is 10.1 Å². The van der Waals surface area contributed by atoms with Gasteiger partial charge >= 0.3 is 0 Å². The molecule has 0 aliphatic heterocycles. The number of rotatable bonds is 10. The van der Waals surface area contributed by atoms with Crippen molar-refractivity contribution in [3.63, 3.8) is 0 Å². The van der Waals surface area contributed by atoms with Gasteiger partial charge in [-0.2, -0.15) is 0 Å². The molecule has 10 heteroatoms. The first-order chi connectivity index (χ1) is 15.0. The van der Waals surface area contributed by atoms with Crippen LogP contribution in [-0.4, -0.2) is 31.3 Å². The van der Waals surface area contributed by atoms with Crippen molar-refractivity contribution < 1.29 is 14.5 Å². The molecule has 1 heterocycles. The number of para-hydroxylation sites is 3. The zero-order valence-electron chi connectivity index (χ0n) is 16.9. The molecular weight excluding hydrogens is 418 g/mol. The number of nitro groups is 1. The topological polar surface area (TPSA) is 112 Å². The lowest BCUT2D eigenvalue weighted by molar-refractivity contribution is -0.383.